The van der Waals surface area contributed by atoms with E-state index in [4.69, 9.17) is 9.72 Å². The largest absolute Gasteiger partial charge is 0.465 e. The summed E-state index contributed by atoms with van der Waals surface area (Å²) in [5, 5.41) is 2.25. The molecule has 0 aliphatic carbocycles. The zero-order chi connectivity index (χ0) is 25.2. The molecule has 0 fully saturated rings. The van der Waals surface area contributed by atoms with Crippen LogP contribution in [0.15, 0.2) is 114 Å². The second-order valence-electron chi connectivity index (χ2n) is 8.81. The number of thioether (sulfide) groups is 1. The van der Waals surface area contributed by atoms with Gasteiger partial charge in [0.25, 0.3) is 0 Å². The van der Waals surface area contributed by atoms with Gasteiger partial charge in [-0.1, -0.05) is 66.7 Å². The molecule has 6 aromatic rings. The van der Waals surface area contributed by atoms with Crippen LogP contribution in [0.3, 0.4) is 0 Å². The fourth-order valence-corrected chi connectivity index (χ4v) is 5.57. The van der Waals surface area contributed by atoms with Crippen LogP contribution in [0.25, 0.3) is 44.2 Å². The molecule has 0 unspecified atom stereocenters. The van der Waals surface area contributed by atoms with Crippen LogP contribution in [0.5, 0.6) is 0 Å². The van der Waals surface area contributed by atoms with Gasteiger partial charge in [-0.3, -0.25) is 0 Å². The lowest BCUT2D eigenvalue weighted by atomic mass is 9.92. The zero-order valence-corrected chi connectivity index (χ0v) is 21.1. The molecule has 0 aliphatic rings. The third-order valence-corrected chi connectivity index (χ3v) is 7.60. The van der Waals surface area contributed by atoms with Gasteiger partial charge in [-0.2, -0.15) is 0 Å². The predicted molar refractivity (Wildman–Crippen MR) is 152 cm³/mol. The first-order chi connectivity index (χ1) is 18.2. The van der Waals surface area contributed by atoms with Crippen LogP contribution in [0.4, 0.5) is 0 Å². The van der Waals surface area contributed by atoms with Crippen molar-refractivity contribution in [3.05, 3.63) is 120 Å². The van der Waals surface area contributed by atoms with Crippen molar-refractivity contribution in [3.8, 4) is 22.3 Å². The second-order valence-corrected chi connectivity index (χ2v) is 9.86. The maximum Gasteiger partial charge on any atom is 0.337 e. The van der Waals surface area contributed by atoms with Crippen LogP contribution >= 0.6 is 11.8 Å². The summed E-state index contributed by atoms with van der Waals surface area (Å²) in [5.41, 5.74) is 7.94. The Morgan fingerprint density at radius 2 is 1.59 bits per heavy atom. The van der Waals surface area contributed by atoms with E-state index in [-0.39, 0.29) is 5.97 Å². The number of carbonyl (C=O) groups excluding carboxylic acids is 1. The number of hydrogen-bond acceptors (Lipinski definition) is 4. The fraction of sp³-hybridized carbons (Fsp3) is 0.0625. The lowest BCUT2D eigenvalue weighted by molar-refractivity contribution is 0.0600. The topological polar surface area (TPSA) is 55.0 Å². The van der Waals surface area contributed by atoms with Crippen molar-refractivity contribution < 1.29 is 9.53 Å². The average molecular weight is 501 g/mol. The molecule has 0 spiro atoms. The lowest BCUT2D eigenvalue weighted by Gasteiger charge is -2.13. The molecule has 4 nitrogen and oxygen atoms in total. The second kappa shape index (κ2) is 9.96. The summed E-state index contributed by atoms with van der Waals surface area (Å²) in [4.78, 5) is 21.6. The number of methoxy groups -OCH3 is 1. The summed E-state index contributed by atoms with van der Waals surface area (Å²) in [6.07, 6.45) is 1.92. The minimum absolute atomic E-state index is 0.346. The SMILES string of the molecule is COC(=O)c1ccc(-c2cnc3[nH]c4ccc(CSc5ccccc5)cc4c3c2-c2ccccc2)cc1. The highest BCUT2D eigenvalue weighted by Gasteiger charge is 2.18. The third-order valence-electron chi connectivity index (χ3n) is 6.51. The van der Waals surface area contributed by atoms with E-state index in [9.17, 15) is 4.79 Å². The number of fused-ring (bicyclic) bond motifs is 3. The first kappa shape index (κ1) is 23.1. The number of H-pyrrole nitrogens is 1. The molecule has 5 heteroatoms. The number of hydrogen-bond donors (Lipinski definition) is 1. The van der Waals surface area contributed by atoms with Crippen LogP contribution in [0.1, 0.15) is 15.9 Å². The Morgan fingerprint density at radius 1 is 0.865 bits per heavy atom. The number of benzene rings is 4. The molecule has 0 saturated carbocycles. The van der Waals surface area contributed by atoms with Crippen LogP contribution in [-0.2, 0) is 10.5 Å². The van der Waals surface area contributed by atoms with E-state index in [1.165, 1.54) is 17.6 Å². The number of nitrogens with zero attached hydrogens (tertiary/aromatic N) is 1. The lowest BCUT2D eigenvalue weighted by Crippen LogP contribution is -2.00. The van der Waals surface area contributed by atoms with E-state index in [1.54, 1.807) is 12.1 Å². The number of aromatic amines is 1. The normalized spacial score (nSPS) is 11.2. The molecule has 37 heavy (non-hydrogen) atoms. The Balaban J connectivity index is 1.52. The summed E-state index contributed by atoms with van der Waals surface area (Å²) in [6.45, 7) is 0. The minimum Gasteiger partial charge on any atom is -0.465 e. The quantitative estimate of drug-likeness (QED) is 0.185. The first-order valence-electron chi connectivity index (χ1n) is 12.1. The molecule has 0 atom stereocenters. The van der Waals surface area contributed by atoms with Gasteiger partial charge in [0.2, 0.25) is 0 Å². The molecule has 4 aromatic carbocycles. The maximum absolute atomic E-state index is 12.0. The maximum atomic E-state index is 12.0. The van der Waals surface area contributed by atoms with E-state index in [0.29, 0.717) is 5.56 Å². The van der Waals surface area contributed by atoms with Crippen molar-refractivity contribution >= 4 is 39.7 Å². The summed E-state index contributed by atoms with van der Waals surface area (Å²) < 4.78 is 4.87. The minimum atomic E-state index is -0.346. The summed E-state index contributed by atoms with van der Waals surface area (Å²) in [6, 6.07) is 35.0. The number of esters is 1. The molecule has 2 heterocycles. The van der Waals surface area contributed by atoms with Crippen LogP contribution in [-0.4, -0.2) is 23.0 Å². The van der Waals surface area contributed by atoms with Gasteiger partial charge in [0, 0.05) is 44.3 Å². The van der Waals surface area contributed by atoms with Gasteiger partial charge in [-0.05, 0) is 53.1 Å². The van der Waals surface area contributed by atoms with Gasteiger partial charge < -0.3 is 9.72 Å². The number of ether oxygens (including phenoxy) is 1. The number of carbonyl (C=O) groups is 1. The first-order valence-corrected chi connectivity index (χ1v) is 13.0. The average Bonchev–Trinajstić information content (AvgIpc) is 3.34. The standard InChI is InChI=1S/C32H24N2O2S/c1-36-32(35)24-15-13-22(14-16-24)27-19-33-31-30(29(27)23-8-4-2-5-9-23)26-18-21(12-17-28(26)34-31)20-37-25-10-6-3-7-11-25/h2-19H,20H2,1H3,(H,33,34). The Bertz CT molecular complexity index is 1710. The van der Waals surface area contributed by atoms with Crippen molar-refractivity contribution in [2.45, 2.75) is 10.6 Å². The Hall–Kier alpha value is -4.35. The summed E-state index contributed by atoms with van der Waals surface area (Å²) in [5.74, 6) is 0.538. The predicted octanol–water partition coefficient (Wildman–Crippen LogP) is 8.13. The van der Waals surface area contributed by atoms with E-state index in [2.05, 4.69) is 71.7 Å². The number of rotatable bonds is 6. The van der Waals surface area contributed by atoms with Gasteiger partial charge in [0.1, 0.15) is 5.65 Å². The van der Waals surface area contributed by atoms with E-state index in [0.717, 1.165) is 49.9 Å². The van der Waals surface area contributed by atoms with Crippen molar-refractivity contribution in [2.24, 2.45) is 0 Å². The molecule has 0 aliphatic heterocycles. The third kappa shape index (κ3) is 4.50. The molecule has 0 saturated heterocycles. The van der Waals surface area contributed by atoms with Crippen LogP contribution in [0.2, 0.25) is 0 Å². The number of nitrogens with one attached hydrogen (secondary N) is 1. The van der Waals surface area contributed by atoms with Crippen molar-refractivity contribution in [1.29, 1.82) is 0 Å². The van der Waals surface area contributed by atoms with Gasteiger partial charge >= 0.3 is 5.97 Å². The monoisotopic (exact) mass is 500 g/mol. The molecule has 0 bridgehead atoms. The molecule has 6 rings (SSSR count). The molecule has 1 N–H and O–H groups in total. The van der Waals surface area contributed by atoms with Crippen LogP contribution in [0, 0.1) is 0 Å². The highest BCUT2D eigenvalue weighted by atomic mass is 32.2. The van der Waals surface area contributed by atoms with Gasteiger partial charge in [-0.15, -0.1) is 11.8 Å². The summed E-state index contributed by atoms with van der Waals surface area (Å²) >= 11 is 1.83. The molecular weight excluding hydrogens is 476 g/mol. The van der Waals surface area contributed by atoms with Crippen molar-refractivity contribution in [3.63, 3.8) is 0 Å². The molecule has 2 aromatic heterocycles. The fourth-order valence-electron chi connectivity index (χ4n) is 4.70. The van der Waals surface area contributed by atoms with Crippen LogP contribution < -0.4 is 0 Å². The van der Waals surface area contributed by atoms with Crippen molar-refractivity contribution in [1.82, 2.24) is 9.97 Å². The molecule has 0 radical (unpaired) electrons. The Kier molecular flexibility index (Phi) is 6.21. The Labute approximate surface area is 219 Å². The highest BCUT2D eigenvalue weighted by Crippen LogP contribution is 2.41. The zero-order valence-electron chi connectivity index (χ0n) is 20.3. The van der Waals surface area contributed by atoms with E-state index in [1.807, 2.05) is 42.2 Å². The van der Waals surface area contributed by atoms with E-state index < -0.39 is 0 Å². The smallest absolute Gasteiger partial charge is 0.337 e. The highest BCUT2D eigenvalue weighted by molar-refractivity contribution is 7.98. The van der Waals surface area contributed by atoms with Crippen molar-refractivity contribution in [2.75, 3.05) is 7.11 Å². The number of pyridine rings is 1. The van der Waals surface area contributed by atoms with Gasteiger partial charge in [0.05, 0.1) is 12.7 Å². The van der Waals surface area contributed by atoms with Gasteiger partial charge in [-0.25, -0.2) is 9.78 Å². The Morgan fingerprint density at radius 3 is 2.32 bits per heavy atom. The van der Waals surface area contributed by atoms with Gasteiger partial charge in [0.15, 0.2) is 0 Å². The number of aromatic nitrogens is 2. The molecular formula is C32H24N2O2S. The molecule has 180 valence electrons. The summed E-state index contributed by atoms with van der Waals surface area (Å²) in [7, 11) is 1.39. The molecule has 0 amide bonds. The van der Waals surface area contributed by atoms with E-state index >= 15 is 0 Å².